The van der Waals surface area contributed by atoms with Gasteiger partial charge in [-0.15, -0.1) is 0 Å². The molecule has 0 unspecified atom stereocenters. The second-order valence-corrected chi connectivity index (χ2v) is 2.95. The fraction of sp³-hybridized carbons (Fsp3) is 0.222. The standard InChI is InChI=1S/C9H9N3O2/c10-3-5-12-8(13)6-2-1-4-11-7(6)9(12)14/h1-2,4H,3,5,10H2. The van der Waals surface area contributed by atoms with E-state index in [-0.39, 0.29) is 30.6 Å². The van der Waals surface area contributed by atoms with Crippen LogP contribution >= 0.6 is 0 Å². The molecule has 2 N–H and O–H groups in total. The molecule has 0 atom stereocenters. The number of hydrogen-bond donors (Lipinski definition) is 1. The SMILES string of the molecule is NCCN1C(=O)c2cccnc2C1=O. The topological polar surface area (TPSA) is 76.3 Å². The number of imide groups is 1. The van der Waals surface area contributed by atoms with Crippen LogP contribution in [-0.4, -0.2) is 34.8 Å². The van der Waals surface area contributed by atoms with Crippen molar-refractivity contribution in [3.05, 3.63) is 29.6 Å². The van der Waals surface area contributed by atoms with Gasteiger partial charge in [0.2, 0.25) is 0 Å². The molecule has 72 valence electrons. The summed E-state index contributed by atoms with van der Waals surface area (Å²) in [5, 5.41) is 0. The molecule has 0 aromatic carbocycles. The van der Waals surface area contributed by atoms with Crippen LogP contribution < -0.4 is 5.73 Å². The first-order valence-electron chi connectivity index (χ1n) is 4.27. The Labute approximate surface area is 80.5 Å². The monoisotopic (exact) mass is 191 g/mol. The van der Waals surface area contributed by atoms with Gasteiger partial charge in [0.1, 0.15) is 5.69 Å². The Hall–Kier alpha value is -1.75. The van der Waals surface area contributed by atoms with Gasteiger partial charge in [-0.1, -0.05) is 0 Å². The molecule has 0 saturated carbocycles. The van der Waals surface area contributed by atoms with E-state index >= 15 is 0 Å². The zero-order valence-corrected chi connectivity index (χ0v) is 7.43. The van der Waals surface area contributed by atoms with Crippen molar-refractivity contribution in [3.8, 4) is 0 Å². The average Bonchev–Trinajstić information content (AvgIpc) is 2.45. The van der Waals surface area contributed by atoms with Crippen molar-refractivity contribution in [2.45, 2.75) is 0 Å². The number of nitrogens with zero attached hydrogens (tertiary/aromatic N) is 2. The second-order valence-electron chi connectivity index (χ2n) is 2.95. The van der Waals surface area contributed by atoms with Gasteiger partial charge in [-0.25, -0.2) is 0 Å². The quantitative estimate of drug-likeness (QED) is 0.647. The Kier molecular flexibility index (Phi) is 2.01. The predicted octanol–water partition coefficient (Wildman–Crippen LogP) is -0.364. The summed E-state index contributed by atoms with van der Waals surface area (Å²) in [5.41, 5.74) is 5.90. The van der Waals surface area contributed by atoms with Gasteiger partial charge in [0.25, 0.3) is 11.8 Å². The third kappa shape index (κ3) is 1.10. The van der Waals surface area contributed by atoms with Gasteiger partial charge in [-0.05, 0) is 12.1 Å². The third-order valence-corrected chi connectivity index (χ3v) is 2.08. The highest BCUT2D eigenvalue weighted by molar-refractivity contribution is 6.20. The molecule has 2 heterocycles. The lowest BCUT2D eigenvalue weighted by molar-refractivity contribution is 0.0657. The fourth-order valence-electron chi connectivity index (χ4n) is 1.45. The zero-order chi connectivity index (χ0) is 10.1. The van der Waals surface area contributed by atoms with E-state index in [2.05, 4.69) is 4.98 Å². The molecule has 0 fully saturated rings. The van der Waals surface area contributed by atoms with E-state index in [0.717, 1.165) is 4.90 Å². The maximum absolute atomic E-state index is 11.6. The van der Waals surface area contributed by atoms with Crippen molar-refractivity contribution in [2.75, 3.05) is 13.1 Å². The molecule has 5 heteroatoms. The molecule has 1 aromatic rings. The minimum absolute atomic E-state index is 0.228. The number of hydrogen-bond acceptors (Lipinski definition) is 4. The maximum Gasteiger partial charge on any atom is 0.280 e. The van der Waals surface area contributed by atoms with Gasteiger partial charge in [-0.2, -0.15) is 0 Å². The third-order valence-electron chi connectivity index (χ3n) is 2.08. The first-order valence-corrected chi connectivity index (χ1v) is 4.27. The van der Waals surface area contributed by atoms with E-state index in [1.165, 1.54) is 6.20 Å². The van der Waals surface area contributed by atoms with Crippen molar-refractivity contribution in [3.63, 3.8) is 0 Å². The number of fused-ring (bicyclic) bond motifs is 1. The number of carbonyl (C=O) groups excluding carboxylic acids is 2. The van der Waals surface area contributed by atoms with Crippen molar-refractivity contribution in [1.29, 1.82) is 0 Å². The molecular formula is C9H9N3O2. The first kappa shape index (κ1) is 8.83. The highest BCUT2D eigenvalue weighted by Gasteiger charge is 2.35. The van der Waals surface area contributed by atoms with Crippen LogP contribution in [0.15, 0.2) is 18.3 Å². The van der Waals surface area contributed by atoms with Crippen LogP contribution in [0.5, 0.6) is 0 Å². The molecule has 0 spiro atoms. The molecule has 0 aliphatic carbocycles. The summed E-state index contributed by atoms with van der Waals surface area (Å²) < 4.78 is 0. The first-order chi connectivity index (χ1) is 6.75. The summed E-state index contributed by atoms with van der Waals surface area (Å²) in [6, 6.07) is 3.23. The van der Waals surface area contributed by atoms with Gasteiger partial charge < -0.3 is 5.73 Å². The lowest BCUT2D eigenvalue weighted by atomic mass is 10.2. The number of rotatable bonds is 2. The van der Waals surface area contributed by atoms with E-state index in [1.54, 1.807) is 12.1 Å². The summed E-state index contributed by atoms with van der Waals surface area (Å²) in [5.74, 6) is -0.653. The lowest BCUT2D eigenvalue weighted by Crippen LogP contribution is -2.34. The Morgan fingerprint density at radius 2 is 2.14 bits per heavy atom. The van der Waals surface area contributed by atoms with Gasteiger partial charge in [0.15, 0.2) is 0 Å². The summed E-state index contributed by atoms with van der Waals surface area (Å²) >= 11 is 0. The Balaban J connectivity index is 2.43. The fourth-order valence-corrected chi connectivity index (χ4v) is 1.45. The molecule has 2 amide bonds. The van der Waals surface area contributed by atoms with Crippen molar-refractivity contribution in [2.24, 2.45) is 5.73 Å². The predicted molar refractivity (Wildman–Crippen MR) is 48.7 cm³/mol. The molecule has 5 nitrogen and oxygen atoms in total. The summed E-state index contributed by atoms with van der Waals surface area (Å²) in [6.45, 7) is 0.513. The van der Waals surface area contributed by atoms with Crippen LogP contribution in [-0.2, 0) is 0 Å². The van der Waals surface area contributed by atoms with Crippen LogP contribution in [0.4, 0.5) is 0 Å². The van der Waals surface area contributed by atoms with Crippen molar-refractivity contribution in [1.82, 2.24) is 9.88 Å². The lowest BCUT2D eigenvalue weighted by Gasteiger charge is -2.10. The molecule has 0 radical (unpaired) electrons. The van der Waals surface area contributed by atoms with Crippen molar-refractivity contribution < 1.29 is 9.59 Å². The van der Waals surface area contributed by atoms with E-state index in [0.29, 0.717) is 5.56 Å². The normalized spacial score (nSPS) is 14.8. The molecule has 1 aromatic heterocycles. The van der Waals surface area contributed by atoms with E-state index < -0.39 is 0 Å². The molecule has 0 saturated heterocycles. The van der Waals surface area contributed by atoms with Gasteiger partial charge in [0.05, 0.1) is 5.56 Å². The number of amides is 2. The molecule has 1 aliphatic rings. The van der Waals surface area contributed by atoms with Crippen LogP contribution in [0.3, 0.4) is 0 Å². The van der Waals surface area contributed by atoms with E-state index in [4.69, 9.17) is 5.73 Å². The number of aromatic nitrogens is 1. The molecule has 1 aliphatic heterocycles. The smallest absolute Gasteiger partial charge is 0.280 e. The summed E-state index contributed by atoms with van der Waals surface area (Å²) in [6.07, 6.45) is 1.50. The van der Waals surface area contributed by atoms with Crippen LogP contribution in [0, 0.1) is 0 Å². The summed E-state index contributed by atoms with van der Waals surface area (Å²) in [4.78, 5) is 28.2. The highest BCUT2D eigenvalue weighted by Crippen LogP contribution is 2.19. The minimum Gasteiger partial charge on any atom is -0.329 e. The molecule has 0 bridgehead atoms. The van der Waals surface area contributed by atoms with Crippen molar-refractivity contribution >= 4 is 11.8 Å². The number of nitrogens with two attached hydrogens (primary N) is 1. The van der Waals surface area contributed by atoms with E-state index in [1.807, 2.05) is 0 Å². The molecular weight excluding hydrogens is 182 g/mol. The summed E-state index contributed by atoms with van der Waals surface area (Å²) in [7, 11) is 0. The van der Waals surface area contributed by atoms with Crippen LogP contribution in [0.1, 0.15) is 20.8 Å². The number of carbonyl (C=O) groups is 2. The zero-order valence-electron chi connectivity index (χ0n) is 7.43. The van der Waals surface area contributed by atoms with Gasteiger partial charge in [-0.3, -0.25) is 19.5 Å². The number of pyridine rings is 1. The average molecular weight is 191 g/mol. The second kappa shape index (κ2) is 3.19. The van der Waals surface area contributed by atoms with Gasteiger partial charge >= 0.3 is 0 Å². The van der Waals surface area contributed by atoms with Crippen LogP contribution in [0.2, 0.25) is 0 Å². The van der Waals surface area contributed by atoms with E-state index in [9.17, 15) is 9.59 Å². The Bertz CT molecular complexity index is 368. The maximum atomic E-state index is 11.6. The Morgan fingerprint density at radius 1 is 1.36 bits per heavy atom. The minimum atomic E-state index is -0.351. The molecule has 14 heavy (non-hydrogen) atoms. The Morgan fingerprint density at radius 3 is 2.79 bits per heavy atom. The highest BCUT2D eigenvalue weighted by atomic mass is 16.2. The van der Waals surface area contributed by atoms with Gasteiger partial charge in [0, 0.05) is 19.3 Å². The largest absolute Gasteiger partial charge is 0.329 e. The van der Waals surface area contributed by atoms with Crippen LogP contribution in [0.25, 0.3) is 0 Å². The molecule has 2 rings (SSSR count).